The first-order chi connectivity index (χ1) is 11.7. The Morgan fingerprint density at radius 1 is 0.917 bits per heavy atom. The summed E-state index contributed by atoms with van der Waals surface area (Å²) < 4.78 is 5.71. The van der Waals surface area contributed by atoms with E-state index in [-0.39, 0.29) is 5.91 Å². The Hall–Kier alpha value is -2.23. The zero-order chi connectivity index (χ0) is 16.7. The van der Waals surface area contributed by atoms with Crippen molar-refractivity contribution >= 4 is 45.6 Å². The second-order valence-electron chi connectivity index (χ2n) is 5.54. The third kappa shape index (κ3) is 2.41. The Morgan fingerprint density at radius 3 is 2.33 bits per heavy atom. The molecule has 0 N–H and O–H groups in total. The van der Waals surface area contributed by atoms with Gasteiger partial charge < -0.3 is 9.64 Å². The molecule has 5 heteroatoms. The van der Waals surface area contributed by atoms with Gasteiger partial charge in [-0.2, -0.15) is 0 Å². The summed E-state index contributed by atoms with van der Waals surface area (Å²) in [5.74, 6) is 0.443. The Morgan fingerprint density at radius 2 is 1.58 bits per heavy atom. The van der Waals surface area contributed by atoms with E-state index in [1.165, 1.54) is 0 Å². The average molecular weight is 358 g/mol. The third-order valence-electron chi connectivity index (χ3n) is 4.13. The highest BCUT2D eigenvalue weighted by atomic mass is 35.5. The molecule has 0 radical (unpaired) electrons. The minimum absolute atomic E-state index is 0.00402. The molecule has 0 aliphatic carbocycles. The number of hydrogen-bond acceptors (Lipinski definition) is 2. The van der Waals surface area contributed by atoms with Crippen molar-refractivity contribution in [2.45, 2.75) is 0 Å². The molecule has 0 bridgehead atoms. The van der Waals surface area contributed by atoms with Crippen molar-refractivity contribution in [3.63, 3.8) is 0 Å². The SMILES string of the molecule is O=C1c2cccc3cccc(c23)N1CCOc1c(Cl)cccc1Cl. The summed E-state index contributed by atoms with van der Waals surface area (Å²) in [5, 5.41) is 2.98. The summed E-state index contributed by atoms with van der Waals surface area (Å²) in [6.45, 7) is 0.730. The molecule has 0 unspecified atom stereocenters. The molecule has 0 saturated heterocycles. The van der Waals surface area contributed by atoms with E-state index in [1.54, 1.807) is 23.1 Å². The largest absolute Gasteiger partial charge is 0.489 e. The lowest BCUT2D eigenvalue weighted by molar-refractivity contribution is 0.0989. The summed E-state index contributed by atoms with van der Waals surface area (Å²) in [5.41, 5.74) is 1.65. The minimum atomic E-state index is -0.00402. The number of amides is 1. The normalized spacial score (nSPS) is 12.9. The Labute approximate surface area is 149 Å². The molecule has 24 heavy (non-hydrogen) atoms. The van der Waals surface area contributed by atoms with E-state index in [1.807, 2.05) is 36.4 Å². The van der Waals surface area contributed by atoms with Gasteiger partial charge in [-0.25, -0.2) is 0 Å². The zero-order valence-electron chi connectivity index (χ0n) is 12.6. The van der Waals surface area contributed by atoms with Gasteiger partial charge in [-0.1, -0.05) is 53.5 Å². The maximum absolute atomic E-state index is 12.7. The molecule has 0 saturated carbocycles. The molecule has 4 rings (SSSR count). The predicted octanol–water partition coefficient (Wildman–Crippen LogP) is 5.19. The molecule has 1 aliphatic rings. The topological polar surface area (TPSA) is 29.5 Å². The maximum Gasteiger partial charge on any atom is 0.259 e. The number of benzene rings is 3. The number of nitrogens with zero attached hydrogens (tertiary/aromatic N) is 1. The highest BCUT2D eigenvalue weighted by Crippen LogP contribution is 2.37. The number of halogens is 2. The molecule has 0 fully saturated rings. The number of carbonyl (C=O) groups excluding carboxylic acids is 1. The fraction of sp³-hybridized carbons (Fsp3) is 0.105. The van der Waals surface area contributed by atoms with Crippen molar-refractivity contribution in [3.05, 3.63) is 70.2 Å². The number of rotatable bonds is 4. The number of ether oxygens (including phenoxy) is 1. The van der Waals surface area contributed by atoms with Gasteiger partial charge >= 0.3 is 0 Å². The molecule has 0 aromatic heterocycles. The van der Waals surface area contributed by atoms with Gasteiger partial charge in [0.15, 0.2) is 5.75 Å². The van der Waals surface area contributed by atoms with Crippen LogP contribution in [0.3, 0.4) is 0 Å². The minimum Gasteiger partial charge on any atom is -0.489 e. The van der Waals surface area contributed by atoms with Crippen LogP contribution in [0.25, 0.3) is 10.8 Å². The second kappa shape index (κ2) is 6.00. The van der Waals surface area contributed by atoms with E-state index in [9.17, 15) is 4.79 Å². The summed E-state index contributed by atoms with van der Waals surface area (Å²) in [6.07, 6.45) is 0. The predicted molar refractivity (Wildman–Crippen MR) is 97.6 cm³/mol. The Bertz CT molecular complexity index is 930. The van der Waals surface area contributed by atoms with Crippen LogP contribution in [-0.4, -0.2) is 19.1 Å². The van der Waals surface area contributed by atoms with E-state index in [0.29, 0.717) is 28.9 Å². The van der Waals surface area contributed by atoms with Crippen LogP contribution < -0.4 is 9.64 Å². The van der Waals surface area contributed by atoms with Gasteiger partial charge in [0.05, 0.1) is 22.3 Å². The van der Waals surface area contributed by atoms with Gasteiger partial charge in [-0.3, -0.25) is 4.79 Å². The standard InChI is InChI=1S/C19H13Cl2NO2/c20-14-7-3-8-15(21)18(14)24-11-10-22-16-9-2-5-12-4-1-6-13(17(12)16)19(22)23/h1-9H,10-11H2. The first-order valence-corrected chi connectivity index (χ1v) is 8.33. The highest BCUT2D eigenvalue weighted by molar-refractivity contribution is 6.37. The van der Waals surface area contributed by atoms with E-state index < -0.39 is 0 Å². The van der Waals surface area contributed by atoms with Gasteiger partial charge in [-0.05, 0) is 29.7 Å². The lowest BCUT2D eigenvalue weighted by Crippen LogP contribution is -2.31. The van der Waals surface area contributed by atoms with Crippen LogP contribution >= 0.6 is 23.2 Å². The first kappa shape index (κ1) is 15.3. The van der Waals surface area contributed by atoms with Crippen molar-refractivity contribution in [1.29, 1.82) is 0 Å². The fourth-order valence-corrected chi connectivity index (χ4v) is 3.57. The van der Waals surface area contributed by atoms with Gasteiger partial charge in [0, 0.05) is 10.9 Å². The Kier molecular flexibility index (Phi) is 3.83. The van der Waals surface area contributed by atoms with Crippen LogP contribution in [-0.2, 0) is 0 Å². The number of para-hydroxylation sites is 1. The van der Waals surface area contributed by atoms with Crippen molar-refractivity contribution in [2.24, 2.45) is 0 Å². The summed E-state index contributed by atoms with van der Waals surface area (Å²) in [4.78, 5) is 14.4. The Balaban J connectivity index is 1.57. The molecule has 1 aliphatic heterocycles. The molecule has 0 spiro atoms. The van der Waals surface area contributed by atoms with Crippen molar-refractivity contribution in [3.8, 4) is 5.75 Å². The zero-order valence-corrected chi connectivity index (χ0v) is 14.1. The number of carbonyl (C=O) groups is 1. The molecule has 3 nitrogen and oxygen atoms in total. The van der Waals surface area contributed by atoms with Gasteiger partial charge in [0.25, 0.3) is 5.91 Å². The summed E-state index contributed by atoms with van der Waals surface area (Å²) in [6, 6.07) is 16.9. The van der Waals surface area contributed by atoms with E-state index >= 15 is 0 Å². The van der Waals surface area contributed by atoms with Gasteiger partial charge in [0.2, 0.25) is 0 Å². The van der Waals surface area contributed by atoms with Crippen LogP contribution in [0.2, 0.25) is 10.0 Å². The van der Waals surface area contributed by atoms with Crippen molar-refractivity contribution in [2.75, 3.05) is 18.1 Å². The smallest absolute Gasteiger partial charge is 0.259 e. The van der Waals surface area contributed by atoms with E-state index in [4.69, 9.17) is 27.9 Å². The molecule has 120 valence electrons. The fourth-order valence-electron chi connectivity index (χ4n) is 3.06. The number of anilines is 1. The molecule has 1 heterocycles. The summed E-state index contributed by atoms with van der Waals surface area (Å²) >= 11 is 12.2. The van der Waals surface area contributed by atoms with Crippen LogP contribution in [0.4, 0.5) is 5.69 Å². The molecule has 1 amide bonds. The van der Waals surface area contributed by atoms with Gasteiger partial charge in [-0.15, -0.1) is 0 Å². The highest BCUT2D eigenvalue weighted by Gasteiger charge is 2.29. The lowest BCUT2D eigenvalue weighted by atomic mass is 10.1. The molecule has 3 aromatic carbocycles. The summed E-state index contributed by atoms with van der Waals surface area (Å²) in [7, 11) is 0. The van der Waals surface area contributed by atoms with Crippen LogP contribution in [0.15, 0.2) is 54.6 Å². The molecule has 3 aromatic rings. The van der Waals surface area contributed by atoms with Crippen molar-refractivity contribution in [1.82, 2.24) is 0 Å². The van der Waals surface area contributed by atoms with Crippen LogP contribution in [0, 0.1) is 0 Å². The second-order valence-corrected chi connectivity index (χ2v) is 6.35. The lowest BCUT2D eigenvalue weighted by Gasteiger charge is -2.18. The molecular formula is C19H13Cl2NO2. The number of hydrogen-bond donors (Lipinski definition) is 0. The first-order valence-electron chi connectivity index (χ1n) is 7.57. The van der Waals surface area contributed by atoms with E-state index in [0.717, 1.165) is 22.0 Å². The van der Waals surface area contributed by atoms with Crippen LogP contribution in [0.1, 0.15) is 10.4 Å². The average Bonchev–Trinajstić information content (AvgIpc) is 2.85. The van der Waals surface area contributed by atoms with Crippen molar-refractivity contribution < 1.29 is 9.53 Å². The monoisotopic (exact) mass is 357 g/mol. The quantitative estimate of drug-likeness (QED) is 0.643. The molecular weight excluding hydrogens is 345 g/mol. The third-order valence-corrected chi connectivity index (χ3v) is 4.72. The van der Waals surface area contributed by atoms with Crippen LogP contribution in [0.5, 0.6) is 5.75 Å². The molecule has 0 atom stereocenters. The van der Waals surface area contributed by atoms with Gasteiger partial charge in [0.1, 0.15) is 6.61 Å². The van der Waals surface area contributed by atoms with E-state index in [2.05, 4.69) is 0 Å². The maximum atomic E-state index is 12.7.